The van der Waals surface area contributed by atoms with Crippen LogP contribution in [0.5, 0.6) is 0 Å². The Balaban J connectivity index is 1.55. The van der Waals surface area contributed by atoms with Gasteiger partial charge in [0.1, 0.15) is 5.69 Å². The number of aromatic carboxylic acids is 1. The first-order valence-electron chi connectivity index (χ1n) is 10.7. The van der Waals surface area contributed by atoms with Crippen molar-refractivity contribution in [3.05, 3.63) is 117 Å². The van der Waals surface area contributed by atoms with Crippen LogP contribution in [0.4, 0.5) is 17.1 Å². The first-order chi connectivity index (χ1) is 17.2. The van der Waals surface area contributed by atoms with E-state index >= 15 is 0 Å². The standard InChI is InChI=1S/C27H19BrClN3O4/c1-32(20-8-6-19(29)7-9-20)21-10-12-24(30-15-21)25(33)16-5-11-23(22(14-16)27(35)36)31-26(34)17-3-2-4-18(28)13-17/h2-15H,1H3,(H,31,34)(H,35,36). The van der Waals surface area contributed by atoms with E-state index in [1.165, 1.54) is 18.2 Å². The Bertz CT molecular complexity index is 1460. The molecule has 0 radical (unpaired) electrons. The predicted octanol–water partition coefficient (Wildman–Crippen LogP) is 6.45. The molecular formula is C27H19BrClN3O4. The summed E-state index contributed by atoms with van der Waals surface area (Å²) in [6.45, 7) is 0. The molecule has 36 heavy (non-hydrogen) atoms. The summed E-state index contributed by atoms with van der Waals surface area (Å²) in [5.41, 5.74) is 2.18. The molecule has 9 heteroatoms. The van der Waals surface area contributed by atoms with Crippen LogP contribution >= 0.6 is 27.5 Å². The van der Waals surface area contributed by atoms with Gasteiger partial charge in [0.15, 0.2) is 0 Å². The first-order valence-corrected chi connectivity index (χ1v) is 11.8. The molecule has 1 heterocycles. The van der Waals surface area contributed by atoms with Gasteiger partial charge in [-0.15, -0.1) is 0 Å². The van der Waals surface area contributed by atoms with Crippen LogP contribution in [0.3, 0.4) is 0 Å². The van der Waals surface area contributed by atoms with E-state index in [0.717, 1.165) is 11.4 Å². The normalized spacial score (nSPS) is 10.5. The van der Waals surface area contributed by atoms with Crippen LogP contribution in [-0.2, 0) is 0 Å². The highest BCUT2D eigenvalue weighted by molar-refractivity contribution is 9.10. The van der Waals surface area contributed by atoms with Gasteiger partial charge in [0, 0.05) is 33.4 Å². The number of carbonyl (C=O) groups excluding carboxylic acids is 2. The van der Waals surface area contributed by atoms with Crippen LogP contribution in [-0.4, -0.2) is 34.8 Å². The number of carboxylic acids is 1. The molecule has 0 atom stereocenters. The summed E-state index contributed by atoms with van der Waals surface area (Å²) < 4.78 is 0.715. The molecule has 0 saturated carbocycles. The second kappa shape index (κ2) is 10.7. The molecule has 3 aromatic carbocycles. The number of amides is 1. The second-order valence-electron chi connectivity index (χ2n) is 7.80. The fraction of sp³-hybridized carbons (Fsp3) is 0.0370. The molecule has 0 bridgehead atoms. The lowest BCUT2D eigenvalue weighted by molar-refractivity contribution is 0.0698. The van der Waals surface area contributed by atoms with Crippen molar-refractivity contribution in [1.82, 2.24) is 4.98 Å². The molecule has 180 valence electrons. The maximum atomic E-state index is 13.0. The molecule has 0 unspecified atom stereocenters. The highest BCUT2D eigenvalue weighted by Gasteiger charge is 2.19. The van der Waals surface area contributed by atoms with E-state index in [2.05, 4.69) is 26.2 Å². The second-order valence-corrected chi connectivity index (χ2v) is 9.15. The largest absolute Gasteiger partial charge is 0.478 e. The number of carboxylic acid groups (broad SMARTS) is 1. The smallest absolute Gasteiger partial charge is 0.337 e. The lowest BCUT2D eigenvalue weighted by atomic mass is 10.0. The van der Waals surface area contributed by atoms with Crippen molar-refractivity contribution in [1.29, 1.82) is 0 Å². The summed E-state index contributed by atoms with van der Waals surface area (Å²) >= 11 is 9.25. The SMILES string of the molecule is CN(c1ccc(Cl)cc1)c1ccc(C(=O)c2ccc(NC(=O)c3cccc(Br)c3)c(C(=O)O)c2)nc1. The maximum Gasteiger partial charge on any atom is 0.337 e. The van der Waals surface area contributed by atoms with E-state index in [9.17, 15) is 19.5 Å². The Morgan fingerprint density at radius 1 is 0.917 bits per heavy atom. The minimum Gasteiger partial charge on any atom is -0.478 e. The molecule has 7 nitrogen and oxygen atoms in total. The minimum atomic E-state index is -1.28. The Kier molecular flexibility index (Phi) is 7.47. The van der Waals surface area contributed by atoms with Gasteiger partial charge < -0.3 is 15.3 Å². The molecule has 4 rings (SSSR count). The van der Waals surface area contributed by atoms with Gasteiger partial charge in [-0.05, 0) is 72.8 Å². The van der Waals surface area contributed by atoms with Crippen molar-refractivity contribution in [3.8, 4) is 0 Å². The fourth-order valence-corrected chi connectivity index (χ4v) is 4.00. The minimum absolute atomic E-state index is 0.0805. The number of carbonyl (C=O) groups is 3. The molecule has 2 N–H and O–H groups in total. The third-order valence-corrected chi connectivity index (χ3v) is 6.17. The highest BCUT2D eigenvalue weighted by atomic mass is 79.9. The molecular weight excluding hydrogens is 546 g/mol. The molecule has 1 aromatic heterocycles. The summed E-state index contributed by atoms with van der Waals surface area (Å²) in [5, 5.41) is 12.9. The third kappa shape index (κ3) is 5.62. The van der Waals surface area contributed by atoms with E-state index in [1.54, 1.807) is 54.7 Å². The number of halogens is 2. The van der Waals surface area contributed by atoms with Crippen molar-refractivity contribution in [3.63, 3.8) is 0 Å². The predicted molar refractivity (Wildman–Crippen MR) is 143 cm³/mol. The van der Waals surface area contributed by atoms with E-state index in [0.29, 0.717) is 15.1 Å². The monoisotopic (exact) mass is 563 g/mol. The van der Waals surface area contributed by atoms with E-state index in [4.69, 9.17) is 11.6 Å². The summed E-state index contributed by atoms with van der Waals surface area (Å²) in [5.74, 6) is -2.19. The van der Waals surface area contributed by atoms with Crippen molar-refractivity contribution >= 4 is 62.3 Å². The van der Waals surface area contributed by atoms with E-state index < -0.39 is 17.7 Å². The number of ketones is 1. The molecule has 1 amide bonds. The summed E-state index contributed by atoms with van der Waals surface area (Å²) in [6.07, 6.45) is 1.56. The summed E-state index contributed by atoms with van der Waals surface area (Å²) in [6, 6.07) is 21.4. The van der Waals surface area contributed by atoms with E-state index in [1.807, 2.05) is 24.1 Å². The Morgan fingerprint density at radius 3 is 2.28 bits per heavy atom. The van der Waals surface area contributed by atoms with Crippen LogP contribution in [0.1, 0.15) is 36.8 Å². The van der Waals surface area contributed by atoms with Crippen molar-refractivity contribution in [2.24, 2.45) is 0 Å². The van der Waals surface area contributed by atoms with Crippen molar-refractivity contribution in [2.45, 2.75) is 0 Å². The highest BCUT2D eigenvalue weighted by Crippen LogP contribution is 2.26. The van der Waals surface area contributed by atoms with Gasteiger partial charge in [-0.1, -0.05) is 33.6 Å². The van der Waals surface area contributed by atoms with E-state index in [-0.39, 0.29) is 22.5 Å². The zero-order valence-electron chi connectivity index (χ0n) is 18.9. The molecule has 0 spiro atoms. The topological polar surface area (TPSA) is 99.6 Å². The van der Waals surface area contributed by atoms with Gasteiger partial charge in [0.2, 0.25) is 5.78 Å². The molecule has 0 fully saturated rings. The zero-order chi connectivity index (χ0) is 25.8. The number of hydrogen-bond acceptors (Lipinski definition) is 5. The third-order valence-electron chi connectivity index (χ3n) is 5.43. The van der Waals surface area contributed by atoms with Gasteiger partial charge >= 0.3 is 5.97 Å². The van der Waals surface area contributed by atoms with Crippen LogP contribution in [0.2, 0.25) is 5.02 Å². The maximum absolute atomic E-state index is 13.0. The van der Waals surface area contributed by atoms with Crippen LogP contribution in [0.25, 0.3) is 0 Å². The fourth-order valence-electron chi connectivity index (χ4n) is 3.48. The average molecular weight is 565 g/mol. The summed E-state index contributed by atoms with van der Waals surface area (Å²) in [7, 11) is 1.86. The number of nitrogens with zero attached hydrogens (tertiary/aromatic N) is 2. The van der Waals surface area contributed by atoms with Gasteiger partial charge in [0.25, 0.3) is 5.91 Å². The lowest BCUT2D eigenvalue weighted by Crippen LogP contribution is -2.16. The number of nitrogens with one attached hydrogen (secondary N) is 1. The first kappa shape index (κ1) is 25.1. The van der Waals surface area contributed by atoms with Crippen molar-refractivity contribution < 1.29 is 19.5 Å². The van der Waals surface area contributed by atoms with Crippen LogP contribution in [0, 0.1) is 0 Å². The number of anilines is 3. The Labute approximate surface area is 220 Å². The number of pyridine rings is 1. The number of hydrogen-bond donors (Lipinski definition) is 2. The molecule has 0 saturated heterocycles. The quantitative estimate of drug-likeness (QED) is 0.250. The van der Waals surface area contributed by atoms with Crippen molar-refractivity contribution in [2.75, 3.05) is 17.3 Å². The molecule has 0 aliphatic rings. The number of aromatic nitrogens is 1. The van der Waals surface area contributed by atoms with Crippen LogP contribution < -0.4 is 10.2 Å². The summed E-state index contributed by atoms with van der Waals surface area (Å²) in [4.78, 5) is 43.6. The molecule has 0 aliphatic carbocycles. The Hall–Kier alpha value is -4.01. The molecule has 4 aromatic rings. The lowest BCUT2D eigenvalue weighted by Gasteiger charge is -2.19. The van der Waals surface area contributed by atoms with Gasteiger partial charge in [-0.3, -0.25) is 14.6 Å². The van der Waals surface area contributed by atoms with Crippen LogP contribution in [0.15, 0.2) is 89.5 Å². The number of rotatable bonds is 7. The molecule has 0 aliphatic heterocycles. The Morgan fingerprint density at radius 2 is 1.64 bits per heavy atom. The van der Waals surface area contributed by atoms with Gasteiger partial charge in [-0.2, -0.15) is 0 Å². The van der Waals surface area contributed by atoms with Gasteiger partial charge in [-0.25, -0.2) is 4.79 Å². The average Bonchev–Trinajstić information content (AvgIpc) is 2.88. The zero-order valence-corrected chi connectivity index (χ0v) is 21.2. The number of benzene rings is 3. The van der Waals surface area contributed by atoms with Gasteiger partial charge in [0.05, 0.1) is 23.1 Å².